The molecule has 1 aromatic carbocycles. The molecule has 2 aromatic rings. The Kier molecular flexibility index (Phi) is 5.08. The van der Waals surface area contributed by atoms with Crippen molar-refractivity contribution in [3.63, 3.8) is 0 Å². The number of nitrogens with zero attached hydrogens (tertiary/aromatic N) is 2. The Labute approximate surface area is 135 Å². The molecule has 22 heavy (non-hydrogen) atoms. The molecule has 1 N–H and O–H groups in total. The molecular formula is C17H21N3OS. The van der Waals surface area contributed by atoms with E-state index in [2.05, 4.69) is 48.4 Å². The minimum Gasteiger partial charge on any atom is -0.297 e. The number of carbonyl (C=O) groups is 1. The molecule has 0 aliphatic carbocycles. The summed E-state index contributed by atoms with van der Waals surface area (Å²) in [4.78, 5) is 11.9. The molecule has 1 amide bonds. The first kappa shape index (κ1) is 16.4. The molecule has 0 aliphatic rings. The van der Waals surface area contributed by atoms with Gasteiger partial charge in [0.1, 0.15) is 5.01 Å². The molecule has 0 atom stereocenters. The van der Waals surface area contributed by atoms with E-state index in [4.69, 9.17) is 0 Å². The first-order chi connectivity index (χ1) is 10.4. The highest BCUT2D eigenvalue weighted by Crippen LogP contribution is 2.22. The van der Waals surface area contributed by atoms with E-state index in [-0.39, 0.29) is 11.3 Å². The lowest BCUT2D eigenvalue weighted by Gasteiger charge is -2.18. The van der Waals surface area contributed by atoms with Crippen LogP contribution in [0.2, 0.25) is 0 Å². The molecule has 0 saturated carbocycles. The highest BCUT2D eigenvalue weighted by molar-refractivity contribution is 7.15. The van der Waals surface area contributed by atoms with Crippen LogP contribution in [0.3, 0.4) is 0 Å². The largest absolute Gasteiger partial charge is 0.297 e. The summed E-state index contributed by atoms with van der Waals surface area (Å²) in [5.74, 6) is -0.196. The van der Waals surface area contributed by atoms with Crippen molar-refractivity contribution >= 4 is 28.5 Å². The van der Waals surface area contributed by atoms with Crippen molar-refractivity contribution in [2.75, 3.05) is 5.32 Å². The normalized spacial score (nSPS) is 11.8. The molecule has 0 bridgehead atoms. The molecule has 0 spiro atoms. The zero-order valence-electron chi connectivity index (χ0n) is 13.4. The lowest BCUT2D eigenvalue weighted by Crippen LogP contribution is -2.10. The fourth-order valence-corrected chi connectivity index (χ4v) is 2.54. The average Bonchev–Trinajstić information content (AvgIpc) is 2.92. The van der Waals surface area contributed by atoms with Gasteiger partial charge in [-0.1, -0.05) is 63.3 Å². The van der Waals surface area contributed by atoms with Crippen LogP contribution in [-0.4, -0.2) is 16.1 Å². The number of benzene rings is 1. The van der Waals surface area contributed by atoms with Crippen molar-refractivity contribution in [3.8, 4) is 0 Å². The van der Waals surface area contributed by atoms with E-state index in [0.717, 1.165) is 17.0 Å². The number of aromatic nitrogens is 2. The van der Waals surface area contributed by atoms with Gasteiger partial charge in [-0.3, -0.25) is 10.1 Å². The standard InChI is InChI=1S/C17H21N3OS/c1-5-15-19-20-16(22-15)18-14(21)11-8-12-6-9-13(10-7-12)17(2,3)4/h6-11H,5H2,1-4H3,(H,18,20,21)/b11-8-. The number of amides is 1. The topological polar surface area (TPSA) is 54.9 Å². The van der Waals surface area contributed by atoms with Crippen LogP contribution in [0, 0.1) is 0 Å². The van der Waals surface area contributed by atoms with Crippen molar-refractivity contribution in [1.82, 2.24) is 10.2 Å². The van der Waals surface area contributed by atoms with Gasteiger partial charge in [0, 0.05) is 6.08 Å². The third-order valence-electron chi connectivity index (χ3n) is 3.20. The molecule has 5 heteroatoms. The molecule has 116 valence electrons. The number of hydrogen-bond donors (Lipinski definition) is 1. The van der Waals surface area contributed by atoms with Crippen LogP contribution in [0.4, 0.5) is 5.13 Å². The number of anilines is 1. The summed E-state index contributed by atoms with van der Waals surface area (Å²) in [6.07, 6.45) is 4.13. The van der Waals surface area contributed by atoms with Crippen molar-refractivity contribution in [1.29, 1.82) is 0 Å². The summed E-state index contributed by atoms with van der Waals surface area (Å²) in [6.45, 7) is 8.54. The van der Waals surface area contributed by atoms with Crippen LogP contribution in [0.1, 0.15) is 43.8 Å². The number of hydrogen-bond acceptors (Lipinski definition) is 4. The lowest BCUT2D eigenvalue weighted by atomic mass is 9.87. The fourth-order valence-electron chi connectivity index (χ4n) is 1.86. The molecule has 4 nitrogen and oxygen atoms in total. The average molecular weight is 315 g/mol. The molecule has 1 heterocycles. The second kappa shape index (κ2) is 6.83. The number of aryl methyl sites for hydroxylation is 1. The summed E-state index contributed by atoms with van der Waals surface area (Å²) in [5, 5.41) is 12.1. The van der Waals surface area contributed by atoms with Gasteiger partial charge in [-0.15, -0.1) is 10.2 Å². The maximum absolute atomic E-state index is 11.9. The van der Waals surface area contributed by atoms with Gasteiger partial charge in [-0.05, 0) is 29.0 Å². The summed E-state index contributed by atoms with van der Waals surface area (Å²) in [5.41, 5.74) is 2.40. The maximum atomic E-state index is 11.9. The molecule has 0 aliphatic heterocycles. The van der Waals surface area contributed by atoms with E-state index >= 15 is 0 Å². The molecule has 0 fully saturated rings. The predicted molar refractivity (Wildman–Crippen MR) is 92.1 cm³/mol. The summed E-state index contributed by atoms with van der Waals surface area (Å²) in [6, 6.07) is 8.22. The SMILES string of the molecule is CCc1nnc(NC(=O)/C=C\c2ccc(C(C)(C)C)cc2)s1. The minimum atomic E-state index is -0.196. The van der Waals surface area contributed by atoms with Crippen LogP contribution in [0.5, 0.6) is 0 Å². The van der Waals surface area contributed by atoms with Gasteiger partial charge in [0.25, 0.3) is 0 Å². The van der Waals surface area contributed by atoms with Gasteiger partial charge >= 0.3 is 0 Å². The second-order valence-corrected chi connectivity index (χ2v) is 7.11. The van der Waals surface area contributed by atoms with Gasteiger partial charge in [0.2, 0.25) is 11.0 Å². The second-order valence-electron chi connectivity index (χ2n) is 6.05. The monoisotopic (exact) mass is 315 g/mol. The molecular weight excluding hydrogens is 294 g/mol. The van der Waals surface area contributed by atoms with E-state index in [1.54, 1.807) is 6.08 Å². The Hall–Kier alpha value is -2.01. The van der Waals surface area contributed by atoms with E-state index in [0.29, 0.717) is 5.13 Å². The van der Waals surface area contributed by atoms with Crippen molar-refractivity contribution in [3.05, 3.63) is 46.5 Å². The van der Waals surface area contributed by atoms with Gasteiger partial charge in [-0.25, -0.2) is 0 Å². The lowest BCUT2D eigenvalue weighted by molar-refractivity contribution is -0.111. The Bertz CT molecular complexity index is 666. The highest BCUT2D eigenvalue weighted by Gasteiger charge is 2.12. The van der Waals surface area contributed by atoms with Crippen molar-refractivity contribution in [2.45, 2.75) is 39.5 Å². The smallest absolute Gasteiger partial charge is 0.250 e. The van der Waals surface area contributed by atoms with Crippen LogP contribution in [0.15, 0.2) is 30.3 Å². The quantitative estimate of drug-likeness (QED) is 0.866. The van der Waals surface area contributed by atoms with E-state index in [1.165, 1.54) is 23.0 Å². The van der Waals surface area contributed by atoms with Crippen LogP contribution < -0.4 is 5.32 Å². The Morgan fingerprint density at radius 1 is 1.23 bits per heavy atom. The molecule has 2 rings (SSSR count). The zero-order valence-corrected chi connectivity index (χ0v) is 14.2. The third kappa shape index (κ3) is 4.49. The first-order valence-electron chi connectivity index (χ1n) is 7.30. The van der Waals surface area contributed by atoms with Gasteiger partial charge < -0.3 is 0 Å². The Morgan fingerprint density at radius 2 is 1.91 bits per heavy atom. The third-order valence-corrected chi connectivity index (χ3v) is 4.19. The van der Waals surface area contributed by atoms with Crippen LogP contribution in [-0.2, 0) is 16.6 Å². The molecule has 0 unspecified atom stereocenters. The van der Waals surface area contributed by atoms with E-state index in [9.17, 15) is 4.79 Å². The number of nitrogens with one attached hydrogen (secondary N) is 1. The number of rotatable bonds is 4. The summed E-state index contributed by atoms with van der Waals surface area (Å²) >= 11 is 1.40. The minimum absolute atomic E-state index is 0.133. The Morgan fingerprint density at radius 3 is 2.45 bits per heavy atom. The fraction of sp³-hybridized carbons (Fsp3) is 0.353. The van der Waals surface area contributed by atoms with Crippen LogP contribution >= 0.6 is 11.3 Å². The van der Waals surface area contributed by atoms with Gasteiger partial charge in [0.05, 0.1) is 0 Å². The summed E-state index contributed by atoms with van der Waals surface area (Å²) < 4.78 is 0. The molecule has 1 aromatic heterocycles. The first-order valence-corrected chi connectivity index (χ1v) is 8.12. The Balaban J connectivity index is 1.97. The number of carbonyl (C=O) groups excluding carboxylic acids is 1. The van der Waals surface area contributed by atoms with Crippen molar-refractivity contribution < 1.29 is 4.79 Å². The van der Waals surface area contributed by atoms with Crippen molar-refractivity contribution in [2.24, 2.45) is 0 Å². The van der Waals surface area contributed by atoms with E-state index in [1.807, 2.05) is 19.1 Å². The van der Waals surface area contributed by atoms with Gasteiger partial charge in [0.15, 0.2) is 0 Å². The highest BCUT2D eigenvalue weighted by atomic mass is 32.1. The maximum Gasteiger partial charge on any atom is 0.250 e. The van der Waals surface area contributed by atoms with Crippen LogP contribution in [0.25, 0.3) is 6.08 Å². The summed E-state index contributed by atoms with van der Waals surface area (Å²) in [7, 11) is 0. The van der Waals surface area contributed by atoms with E-state index < -0.39 is 0 Å². The zero-order chi connectivity index (χ0) is 16.2. The molecule has 0 saturated heterocycles. The molecule has 0 radical (unpaired) electrons. The van der Waals surface area contributed by atoms with Gasteiger partial charge in [-0.2, -0.15) is 0 Å². The predicted octanol–water partition coefficient (Wildman–Crippen LogP) is 4.05.